The van der Waals surface area contributed by atoms with Gasteiger partial charge in [-0.05, 0) is 17.7 Å². The normalized spacial score (nSPS) is 9.50. The SMILES string of the molecule is N#Cc1cc(C(=O)O)c(CO)cc1Cl. The number of carbonyl (C=O) groups is 1. The third-order valence-electron chi connectivity index (χ3n) is 1.71. The lowest BCUT2D eigenvalue weighted by molar-refractivity contribution is 0.0693. The van der Waals surface area contributed by atoms with E-state index in [9.17, 15) is 4.79 Å². The molecule has 0 heterocycles. The van der Waals surface area contributed by atoms with Crippen molar-refractivity contribution in [3.63, 3.8) is 0 Å². The summed E-state index contributed by atoms with van der Waals surface area (Å²) in [5.74, 6) is -1.19. The number of aliphatic hydroxyl groups excluding tert-OH is 1. The highest BCUT2D eigenvalue weighted by Gasteiger charge is 2.13. The van der Waals surface area contributed by atoms with Crippen molar-refractivity contribution in [1.82, 2.24) is 0 Å². The van der Waals surface area contributed by atoms with E-state index in [1.54, 1.807) is 6.07 Å². The molecule has 2 N–H and O–H groups in total. The summed E-state index contributed by atoms with van der Waals surface area (Å²) < 4.78 is 0. The van der Waals surface area contributed by atoms with Crippen molar-refractivity contribution in [2.24, 2.45) is 0 Å². The molecule has 0 aliphatic carbocycles. The van der Waals surface area contributed by atoms with Crippen LogP contribution in [0.4, 0.5) is 0 Å². The summed E-state index contributed by atoms with van der Waals surface area (Å²) in [6, 6.07) is 4.20. The van der Waals surface area contributed by atoms with Crippen molar-refractivity contribution >= 4 is 17.6 Å². The molecular weight excluding hydrogens is 206 g/mol. The molecule has 0 saturated heterocycles. The Kier molecular flexibility index (Phi) is 3.07. The van der Waals surface area contributed by atoms with Gasteiger partial charge in [0.05, 0.1) is 22.8 Å². The zero-order valence-corrected chi connectivity index (χ0v) is 7.75. The molecule has 0 spiro atoms. The molecular formula is C9H6ClNO3. The first-order valence-electron chi connectivity index (χ1n) is 3.66. The summed E-state index contributed by atoms with van der Waals surface area (Å²) in [6.45, 7) is -0.424. The van der Waals surface area contributed by atoms with E-state index in [0.29, 0.717) is 0 Å². The van der Waals surface area contributed by atoms with Crippen LogP contribution in [0.15, 0.2) is 12.1 Å². The lowest BCUT2D eigenvalue weighted by Gasteiger charge is -2.04. The van der Waals surface area contributed by atoms with Gasteiger partial charge in [-0.3, -0.25) is 0 Å². The van der Waals surface area contributed by atoms with Crippen molar-refractivity contribution in [3.8, 4) is 6.07 Å². The van der Waals surface area contributed by atoms with Gasteiger partial charge in [-0.1, -0.05) is 11.6 Å². The number of hydrogen-bond acceptors (Lipinski definition) is 3. The molecule has 1 aromatic rings. The molecule has 1 rings (SSSR count). The van der Waals surface area contributed by atoms with E-state index in [-0.39, 0.29) is 21.7 Å². The van der Waals surface area contributed by atoms with E-state index in [1.807, 2.05) is 0 Å². The number of carboxylic acids is 1. The second kappa shape index (κ2) is 4.09. The average Bonchev–Trinajstić information content (AvgIpc) is 2.16. The molecule has 0 saturated carbocycles. The number of aliphatic hydroxyl groups is 1. The molecule has 0 aliphatic heterocycles. The lowest BCUT2D eigenvalue weighted by Crippen LogP contribution is -2.03. The second-order valence-corrected chi connectivity index (χ2v) is 2.97. The summed E-state index contributed by atoms with van der Waals surface area (Å²) in [5, 5.41) is 26.3. The van der Waals surface area contributed by atoms with Gasteiger partial charge < -0.3 is 10.2 Å². The number of nitrogens with zero attached hydrogens (tertiary/aromatic N) is 1. The zero-order valence-electron chi connectivity index (χ0n) is 6.99. The number of carboxylic acid groups (broad SMARTS) is 1. The van der Waals surface area contributed by atoms with Crippen molar-refractivity contribution in [3.05, 3.63) is 33.8 Å². The molecule has 0 bridgehead atoms. The maximum absolute atomic E-state index is 10.7. The molecule has 0 aromatic heterocycles. The maximum atomic E-state index is 10.7. The Labute approximate surface area is 85.0 Å². The lowest BCUT2D eigenvalue weighted by atomic mass is 10.0. The molecule has 0 aliphatic rings. The Balaban J connectivity index is 3.42. The van der Waals surface area contributed by atoms with Gasteiger partial charge in [-0.25, -0.2) is 4.79 Å². The Morgan fingerprint density at radius 2 is 2.21 bits per heavy atom. The number of nitriles is 1. The summed E-state index contributed by atoms with van der Waals surface area (Å²) >= 11 is 5.66. The minimum atomic E-state index is -1.19. The highest BCUT2D eigenvalue weighted by atomic mass is 35.5. The van der Waals surface area contributed by atoms with Gasteiger partial charge in [0, 0.05) is 0 Å². The molecule has 4 nitrogen and oxygen atoms in total. The van der Waals surface area contributed by atoms with Crippen LogP contribution in [-0.2, 0) is 6.61 Å². The van der Waals surface area contributed by atoms with E-state index in [4.69, 9.17) is 27.1 Å². The van der Waals surface area contributed by atoms with E-state index < -0.39 is 12.6 Å². The van der Waals surface area contributed by atoms with Crippen LogP contribution in [0.2, 0.25) is 5.02 Å². The fourth-order valence-electron chi connectivity index (χ4n) is 1.03. The summed E-state index contributed by atoms with van der Waals surface area (Å²) in [7, 11) is 0. The monoisotopic (exact) mass is 211 g/mol. The molecule has 0 unspecified atom stereocenters. The first-order valence-corrected chi connectivity index (χ1v) is 4.04. The molecule has 0 amide bonds. The summed E-state index contributed by atoms with van der Waals surface area (Å²) in [5.41, 5.74) is 0.177. The Morgan fingerprint density at radius 3 is 2.64 bits per heavy atom. The second-order valence-electron chi connectivity index (χ2n) is 2.56. The van der Waals surface area contributed by atoms with E-state index in [2.05, 4.69) is 0 Å². The van der Waals surface area contributed by atoms with Gasteiger partial charge in [0.25, 0.3) is 0 Å². The molecule has 5 heteroatoms. The van der Waals surface area contributed by atoms with E-state index in [1.165, 1.54) is 6.07 Å². The molecule has 0 atom stereocenters. The van der Waals surface area contributed by atoms with Crippen LogP contribution in [0.1, 0.15) is 21.5 Å². The fraction of sp³-hybridized carbons (Fsp3) is 0.111. The maximum Gasteiger partial charge on any atom is 0.336 e. The van der Waals surface area contributed by atoms with Gasteiger partial charge in [-0.15, -0.1) is 0 Å². The minimum Gasteiger partial charge on any atom is -0.478 e. The first-order chi connectivity index (χ1) is 6.60. The Morgan fingerprint density at radius 1 is 1.57 bits per heavy atom. The van der Waals surface area contributed by atoms with Crippen molar-refractivity contribution in [2.75, 3.05) is 0 Å². The quantitative estimate of drug-likeness (QED) is 0.775. The predicted octanol–water partition coefficient (Wildman–Crippen LogP) is 1.40. The molecule has 14 heavy (non-hydrogen) atoms. The topological polar surface area (TPSA) is 81.3 Å². The first kappa shape index (κ1) is 10.5. The highest BCUT2D eigenvalue weighted by molar-refractivity contribution is 6.31. The van der Waals surface area contributed by atoms with Gasteiger partial charge in [-0.2, -0.15) is 5.26 Å². The number of rotatable bonds is 2. The number of aromatic carboxylic acids is 1. The van der Waals surface area contributed by atoms with Crippen LogP contribution in [0.5, 0.6) is 0 Å². The Hall–Kier alpha value is -1.57. The van der Waals surface area contributed by atoms with Gasteiger partial charge in [0.2, 0.25) is 0 Å². The average molecular weight is 212 g/mol. The largest absolute Gasteiger partial charge is 0.478 e. The zero-order chi connectivity index (χ0) is 10.7. The Bertz CT molecular complexity index is 423. The minimum absolute atomic E-state index is 0.0845. The van der Waals surface area contributed by atoms with Gasteiger partial charge in [0.15, 0.2) is 0 Å². The smallest absolute Gasteiger partial charge is 0.336 e. The van der Waals surface area contributed by atoms with Crippen LogP contribution in [-0.4, -0.2) is 16.2 Å². The molecule has 0 radical (unpaired) electrons. The van der Waals surface area contributed by atoms with Crippen LogP contribution in [0.25, 0.3) is 0 Å². The number of halogens is 1. The van der Waals surface area contributed by atoms with Crippen molar-refractivity contribution in [1.29, 1.82) is 5.26 Å². The van der Waals surface area contributed by atoms with E-state index in [0.717, 1.165) is 6.07 Å². The summed E-state index contributed by atoms with van der Waals surface area (Å²) in [4.78, 5) is 10.7. The summed E-state index contributed by atoms with van der Waals surface area (Å²) in [6.07, 6.45) is 0. The van der Waals surface area contributed by atoms with Crippen LogP contribution in [0.3, 0.4) is 0 Å². The standard InChI is InChI=1S/C9H6ClNO3/c10-8-2-6(4-12)7(9(13)14)1-5(8)3-11/h1-2,12H,4H2,(H,13,14). The third-order valence-corrected chi connectivity index (χ3v) is 2.03. The highest BCUT2D eigenvalue weighted by Crippen LogP contribution is 2.21. The van der Waals surface area contributed by atoms with Gasteiger partial charge in [0.1, 0.15) is 6.07 Å². The van der Waals surface area contributed by atoms with Crippen LogP contribution < -0.4 is 0 Å². The molecule has 1 aromatic carbocycles. The molecule has 72 valence electrons. The van der Waals surface area contributed by atoms with Gasteiger partial charge >= 0.3 is 5.97 Å². The molecule has 0 fully saturated rings. The number of hydrogen-bond donors (Lipinski definition) is 2. The van der Waals surface area contributed by atoms with Crippen LogP contribution >= 0.6 is 11.6 Å². The van der Waals surface area contributed by atoms with E-state index >= 15 is 0 Å². The van der Waals surface area contributed by atoms with Crippen LogP contribution in [0, 0.1) is 11.3 Å². The fourth-order valence-corrected chi connectivity index (χ4v) is 1.26. The third kappa shape index (κ3) is 1.84. The number of benzene rings is 1. The van der Waals surface area contributed by atoms with Crippen molar-refractivity contribution < 1.29 is 15.0 Å². The predicted molar refractivity (Wildman–Crippen MR) is 49.0 cm³/mol. The van der Waals surface area contributed by atoms with Crippen molar-refractivity contribution in [2.45, 2.75) is 6.61 Å².